The zero-order valence-corrected chi connectivity index (χ0v) is 31.6. The highest BCUT2D eigenvalue weighted by molar-refractivity contribution is 5.83. The Morgan fingerprint density at radius 1 is 1.06 bits per heavy atom. The maximum Gasteiger partial charge on any atom is 0.411 e. The lowest BCUT2D eigenvalue weighted by Crippen LogP contribution is -2.49. The number of rotatable bonds is 13. The van der Waals surface area contributed by atoms with Gasteiger partial charge >= 0.3 is 30.0 Å². The quantitative estimate of drug-likeness (QED) is 0.134. The van der Waals surface area contributed by atoms with Crippen molar-refractivity contribution in [3.63, 3.8) is 0 Å². The Balaban J connectivity index is 1.53. The smallest absolute Gasteiger partial charge is 0.411 e. The minimum Gasteiger partial charge on any atom is -0.497 e. The molecule has 4 rings (SSSR count). The Bertz CT molecular complexity index is 1710. The standard InChI is InChI=1S/C37H50F2N4O10/c1-10-22-26(19-43(27(22)32(46)50-9)34(48)53-36(5,6)7)51-30-28(40-23-15-14-21(49-8)18-24(23)41-30)37(38,39)16-12-11-13-20-17-25(20)52-33(47)42-29(31(44)45)35(2,3)4/h12,14-16,18,20,22,25-27,29H,10-11,13,17,19H2,1-9H3,(H,42,47)(H,44,45)/b16-12+/t20-,22-,25-,26+,27+,29-/m1/s1. The number of aromatic nitrogens is 2. The lowest BCUT2D eigenvalue weighted by molar-refractivity contribution is -0.147. The molecule has 53 heavy (non-hydrogen) atoms. The van der Waals surface area contributed by atoms with E-state index in [9.17, 15) is 24.3 Å². The van der Waals surface area contributed by atoms with Crippen molar-refractivity contribution in [2.45, 2.75) is 110 Å². The molecule has 16 heteroatoms. The third-order valence-corrected chi connectivity index (χ3v) is 9.08. The SMILES string of the molecule is CC[C@@H]1[C@@H](Oc2nc3cc(OC)ccc3nc2C(F)(F)/C=C/CC[C@@H]2C[C@H]2OC(=O)N[C@H](C(=O)O)C(C)(C)C)CN(C(=O)OC(C)(C)C)[C@@H]1C(=O)OC. The first-order valence-electron chi connectivity index (χ1n) is 17.5. The van der Waals surface area contributed by atoms with E-state index in [0.717, 1.165) is 0 Å². The molecular weight excluding hydrogens is 698 g/mol. The zero-order valence-electron chi connectivity index (χ0n) is 31.6. The molecule has 292 valence electrons. The van der Waals surface area contributed by atoms with Crippen LogP contribution < -0.4 is 14.8 Å². The van der Waals surface area contributed by atoms with Crippen LogP contribution in [-0.2, 0) is 29.7 Å². The van der Waals surface area contributed by atoms with Gasteiger partial charge in [0.15, 0.2) is 5.69 Å². The number of carboxylic acids is 1. The number of carboxylic acid groups (broad SMARTS) is 1. The van der Waals surface area contributed by atoms with Gasteiger partial charge in [-0.25, -0.2) is 29.1 Å². The van der Waals surface area contributed by atoms with Gasteiger partial charge < -0.3 is 34.1 Å². The molecule has 1 saturated carbocycles. The molecule has 0 bridgehead atoms. The maximum absolute atomic E-state index is 16.1. The summed E-state index contributed by atoms with van der Waals surface area (Å²) < 4.78 is 59.6. The highest BCUT2D eigenvalue weighted by atomic mass is 19.3. The van der Waals surface area contributed by atoms with Gasteiger partial charge in [0.25, 0.3) is 0 Å². The minimum atomic E-state index is -3.67. The molecule has 1 aliphatic heterocycles. The summed E-state index contributed by atoms with van der Waals surface area (Å²) in [6.45, 7) is 11.7. The Kier molecular flexibility index (Phi) is 12.4. The topological polar surface area (TPSA) is 176 Å². The van der Waals surface area contributed by atoms with Gasteiger partial charge in [0.1, 0.15) is 35.6 Å². The Morgan fingerprint density at radius 2 is 1.75 bits per heavy atom. The average molecular weight is 749 g/mol. The van der Waals surface area contributed by atoms with Crippen LogP contribution in [0.4, 0.5) is 18.4 Å². The molecule has 2 N–H and O–H groups in total. The number of alkyl halides is 2. The molecule has 6 atom stereocenters. The molecule has 1 aromatic carbocycles. The van der Waals surface area contributed by atoms with Crippen molar-refractivity contribution >= 4 is 35.2 Å². The van der Waals surface area contributed by atoms with Crippen molar-refractivity contribution in [1.82, 2.24) is 20.2 Å². The van der Waals surface area contributed by atoms with Gasteiger partial charge in [0.2, 0.25) is 5.88 Å². The molecule has 0 unspecified atom stereocenters. The van der Waals surface area contributed by atoms with E-state index >= 15 is 8.78 Å². The lowest BCUT2D eigenvalue weighted by Gasteiger charge is -2.28. The van der Waals surface area contributed by atoms with Crippen LogP contribution in [0, 0.1) is 17.3 Å². The van der Waals surface area contributed by atoms with Crippen molar-refractivity contribution in [2.75, 3.05) is 20.8 Å². The number of amides is 2. The van der Waals surface area contributed by atoms with Crippen LogP contribution in [0.25, 0.3) is 11.0 Å². The summed E-state index contributed by atoms with van der Waals surface area (Å²) in [5.74, 6) is -6.34. The highest BCUT2D eigenvalue weighted by Gasteiger charge is 2.51. The first kappa shape index (κ1) is 41.0. The summed E-state index contributed by atoms with van der Waals surface area (Å²) in [4.78, 5) is 60.0. The van der Waals surface area contributed by atoms with Gasteiger partial charge in [-0.3, -0.25) is 4.90 Å². The number of aliphatic carboxylic acids is 1. The molecule has 2 fully saturated rings. The molecular formula is C37H50F2N4O10. The number of esters is 1. The van der Waals surface area contributed by atoms with Gasteiger partial charge in [-0.2, -0.15) is 8.78 Å². The van der Waals surface area contributed by atoms with Crippen molar-refractivity contribution < 1.29 is 56.7 Å². The molecule has 1 saturated heterocycles. The normalized spacial score (nSPS) is 22.3. The average Bonchev–Trinajstić information content (AvgIpc) is 3.69. The van der Waals surface area contributed by atoms with Gasteiger partial charge in [-0.15, -0.1) is 0 Å². The molecule has 1 aliphatic carbocycles. The van der Waals surface area contributed by atoms with E-state index in [-0.39, 0.29) is 29.9 Å². The molecule has 0 spiro atoms. The second-order valence-corrected chi connectivity index (χ2v) is 15.4. The van der Waals surface area contributed by atoms with E-state index in [0.29, 0.717) is 31.1 Å². The third-order valence-electron chi connectivity index (χ3n) is 9.08. The Hall–Kier alpha value is -4.76. The number of nitrogens with zero attached hydrogens (tertiary/aromatic N) is 3. The number of likely N-dealkylation sites (tertiary alicyclic amines) is 1. The predicted molar refractivity (Wildman–Crippen MR) is 188 cm³/mol. The molecule has 14 nitrogen and oxygen atoms in total. The minimum absolute atomic E-state index is 0.0738. The van der Waals surface area contributed by atoms with Crippen LogP contribution in [0.3, 0.4) is 0 Å². The number of allylic oxidation sites excluding steroid dienone is 2. The highest BCUT2D eigenvalue weighted by Crippen LogP contribution is 2.41. The van der Waals surface area contributed by atoms with E-state index in [4.69, 9.17) is 23.7 Å². The molecule has 0 radical (unpaired) electrons. The number of carbonyl (C=O) groups excluding carboxylic acids is 3. The number of alkyl carbamates (subject to hydrolysis) is 1. The van der Waals surface area contributed by atoms with Crippen LogP contribution in [0.15, 0.2) is 30.4 Å². The van der Waals surface area contributed by atoms with E-state index in [1.807, 2.05) is 0 Å². The lowest BCUT2D eigenvalue weighted by atomic mass is 9.87. The number of ether oxygens (including phenoxy) is 5. The number of fused-ring (bicyclic) bond motifs is 1. The summed E-state index contributed by atoms with van der Waals surface area (Å²) in [6, 6.07) is 2.35. The fourth-order valence-corrected chi connectivity index (χ4v) is 6.23. The maximum atomic E-state index is 16.1. The van der Waals surface area contributed by atoms with Crippen molar-refractivity contribution in [2.24, 2.45) is 17.3 Å². The van der Waals surface area contributed by atoms with E-state index in [1.54, 1.807) is 54.5 Å². The number of hydrogen-bond acceptors (Lipinski definition) is 11. The number of carbonyl (C=O) groups is 4. The Labute approximate surface area is 307 Å². The number of nitrogens with one attached hydrogen (secondary N) is 1. The monoisotopic (exact) mass is 748 g/mol. The van der Waals surface area contributed by atoms with Gasteiger partial charge in [-0.1, -0.05) is 33.8 Å². The molecule has 2 amide bonds. The first-order chi connectivity index (χ1) is 24.7. The Morgan fingerprint density at radius 3 is 2.34 bits per heavy atom. The summed E-state index contributed by atoms with van der Waals surface area (Å²) in [6.07, 6.45) is 0.502. The van der Waals surface area contributed by atoms with Crippen LogP contribution in [0.2, 0.25) is 0 Å². The van der Waals surface area contributed by atoms with E-state index in [2.05, 4.69) is 15.3 Å². The summed E-state index contributed by atoms with van der Waals surface area (Å²) >= 11 is 0. The fraction of sp³-hybridized carbons (Fsp3) is 0.622. The van der Waals surface area contributed by atoms with E-state index < -0.39 is 82.8 Å². The molecule has 2 aromatic rings. The van der Waals surface area contributed by atoms with Gasteiger partial charge in [0.05, 0.1) is 31.8 Å². The van der Waals surface area contributed by atoms with Crippen molar-refractivity contribution in [3.05, 3.63) is 36.0 Å². The summed E-state index contributed by atoms with van der Waals surface area (Å²) in [5.41, 5.74) is -1.98. The van der Waals surface area contributed by atoms with Gasteiger partial charge in [0, 0.05) is 12.0 Å². The number of benzene rings is 1. The second-order valence-electron chi connectivity index (χ2n) is 15.4. The van der Waals surface area contributed by atoms with Crippen molar-refractivity contribution in [1.29, 1.82) is 0 Å². The molecule has 2 aliphatic rings. The van der Waals surface area contributed by atoms with Crippen LogP contribution in [0.5, 0.6) is 11.6 Å². The van der Waals surface area contributed by atoms with Crippen molar-refractivity contribution in [3.8, 4) is 11.6 Å². The predicted octanol–water partition coefficient (Wildman–Crippen LogP) is 6.25. The van der Waals surface area contributed by atoms with Gasteiger partial charge in [-0.05, 0) is 76.0 Å². The second kappa shape index (κ2) is 16.1. The fourth-order valence-electron chi connectivity index (χ4n) is 6.23. The zero-order chi connectivity index (χ0) is 39.5. The third kappa shape index (κ3) is 10.2. The summed E-state index contributed by atoms with van der Waals surface area (Å²) in [5, 5.41) is 11.8. The molecule has 2 heterocycles. The van der Waals surface area contributed by atoms with Crippen LogP contribution >= 0.6 is 0 Å². The number of hydrogen-bond donors (Lipinski definition) is 2. The number of methoxy groups -OCH3 is 2. The summed E-state index contributed by atoms with van der Waals surface area (Å²) in [7, 11) is 2.65. The largest absolute Gasteiger partial charge is 0.497 e. The molecule has 1 aromatic heterocycles. The van der Waals surface area contributed by atoms with E-state index in [1.165, 1.54) is 37.3 Å². The number of halogens is 2. The van der Waals surface area contributed by atoms with Crippen LogP contribution in [-0.4, -0.2) is 94.8 Å². The van der Waals surface area contributed by atoms with Crippen LogP contribution in [0.1, 0.15) is 79.8 Å². The first-order valence-corrected chi connectivity index (χ1v) is 17.5.